The average molecular weight is 502 g/mol. The Bertz CT molecular complexity index is 1280. The maximum atomic E-state index is 12.2. The van der Waals surface area contributed by atoms with Crippen molar-refractivity contribution in [3.8, 4) is 17.2 Å². The van der Waals surface area contributed by atoms with Gasteiger partial charge in [-0.15, -0.1) is 0 Å². The van der Waals surface area contributed by atoms with E-state index in [-0.39, 0.29) is 5.91 Å². The predicted molar refractivity (Wildman–Crippen MR) is 145 cm³/mol. The van der Waals surface area contributed by atoms with Gasteiger partial charge in [-0.1, -0.05) is 42.8 Å². The zero-order chi connectivity index (χ0) is 25.9. The van der Waals surface area contributed by atoms with E-state index in [4.69, 9.17) is 19.2 Å². The fourth-order valence-electron chi connectivity index (χ4n) is 4.35. The Labute approximate surface area is 218 Å². The molecule has 3 aromatic carbocycles. The first kappa shape index (κ1) is 26.1. The Kier molecular flexibility index (Phi) is 9.41. The van der Waals surface area contributed by atoms with Crippen LogP contribution in [-0.2, 0) is 24.2 Å². The molecule has 1 heterocycles. The summed E-state index contributed by atoms with van der Waals surface area (Å²) >= 11 is 0. The second-order valence-corrected chi connectivity index (χ2v) is 8.85. The van der Waals surface area contributed by atoms with Crippen molar-refractivity contribution in [2.24, 2.45) is 0 Å². The Morgan fingerprint density at radius 2 is 1.62 bits per heavy atom. The molecule has 0 aliphatic carbocycles. The zero-order valence-electron chi connectivity index (χ0n) is 21.6. The Hall–Kier alpha value is -4.00. The van der Waals surface area contributed by atoms with Crippen LogP contribution in [0.4, 0.5) is 0 Å². The van der Waals surface area contributed by atoms with Crippen LogP contribution in [0.5, 0.6) is 17.2 Å². The van der Waals surface area contributed by atoms with Gasteiger partial charge in [0.25, 0.3) is 0 Å². The number of benzene rings is 3. The molecule has 0 aliphatic heterocycles. The number of hydrogen-bond donors (Lipinski definition) is 1. The van der Waals surface area contributed by atoms with Crippen LogP contribution in [0.1, 0.15) is 30.7 Å². The van der Waals surface area contributed by atoms with Gasteiger partial charge in [0, 0.05) is 13.0 Å². The van der Waals surface area contributed by atoms with Gasteiger partial charge >= 0.3 is 0 Å². The van der Waals surface area contributed by atoms with Gasteiger partial charge in [-0.25, -0.2) is 4.98 Å². The minimum Gasteiger partial charge on any atom is -0.497 e. The summed E-state index contributed by atoms with van der Waals surface area (Å²) in [6, 6.07) is 23.5. The van der Waals surface area contributed by atoms with Crippen LogP contribution < -0.4 is 19.5 Å². The van der Waals surface area contributed by atoms with E-state index >= 15 is 0 Å². The quantitative estimate of drug-likeness (QED) is 0.240. The number of hydrogen-bond acceptors (Lipinski definition) is 5. The van der Waals surface area contributed by atoms with E-state index in [0.29, 0.717) is 26.1 Å². The molecule has 194 valence electrons. The molecule has 4 aromatic rings. The summed E-state index contributed by atoms with van der Waals surface area (Å²) in [5, 5.41) is 3.03. The van der Waals surface area contributed by atoms with E-state index in [1.165, 1.54) is 0 Å². The van der Waals surface area contributed by atoms with Gasteiger partial charge in [-0.05, 0) is 54.8 Å². The lowest BCUT2D eigenvalue weighted by Gasteiger charge is -2.13. The number of nitrogens with zero attached hydrogens (tertiary/aromatic N) is 2. The molecule has 0 aliphatic rings. The number of fused-ring (bicyclic) bond motifs is 1. The molecule has 1 N–H and O–H groups in total. The van der Waals surface area contributed by atoms with Crippen LogP contribution in [0.2, 0.25) is 0 Å². The lowest BCUT2D eigenvalue weighted by atomic mass is 10.1. The molecule has 0 saturated heterocycles. The average Bonchev–Trinajstić information content (AvgIpc) is 3.28. The number of carbonyl (C=O) groups is 1. The van der Waals surface area contributed by atoms with Gasteiger partial charge in [-0.2, -0.15) is 0 Å². The van der Waals surface area contributed by atoms with E-state index < -0.39 is 0 Å². The summed E-state index contributed by atoms with van der Waals surface area (Å²) < 4.78 is 18.8. The molecule has 0 spiro atoms. The number of unbranched alkanes of at least 4 members (excludes halogenated alkanes) is 2. The zero-order valence-corrected chi connectivity index (χ0v) is 21.6. The Morgan fingerprint density at radius 3 is 2.41 bits per heavy atom. The molecule has 7 nitrogen and oxygen atoms in total. The van der Waals surface area contributed by atoms with Crippen molar-refractivity contribution < 1.29 is 19.0 Å². The lowest BCUT2D eigenvalue weighted by molar-refractivity contribution is -0.120. The second kappa shape index (κ2) is 13.3. The van der Waals surface area contributed by atoms with E-state index in [2.05, 4.69) is 22.0 Å². The molecule has 37 heavy (non-hydrogen) atoms. The summed E-state index contributed by atoms with van der Waals surface area (Å²) in [5.74, 6) is 3.37. The first-order chi connectivity index (χ1) is 18.2. The summed E-state index contributed by atoms with van der Waals surface area (Å²) in [4.78, 5) is 17.1. The van der Waals surface area contributed by atoms with Crippen molar-refractivity contribution >= 4 is 16.9 Å². The predicted octanol–water partition coefficient (Wildman–Crippen LogP) is 5.20. The normalized spacial score (nSPS) is 10.9. The van der Waals surface area contributed by atoms with Crippen molar-refractivity contribution in [1.29, 1.82) is 0 Å². The van der Waals surface area contributed by atoms with Crippen LogP contribution in [0.25, 0.3) is 11.0 Å². The summed E-state index contributed by atoms with van der Waals surface area (Å²) in [5.41, 5.74) is 3.10. The molecule has 0 saturated carbocycles. The van der Waals surface area contributed by atoms with E-state index in [0.717, 1.165) is 65.4 Å². The maximum Gasteiger partial charge on any atom is 0.224 e. The molecule has 0 atom stereocenters. The number of methoxy groups -OCH3 is 2. The standard InChI is InChI=1S/C30H35N3O4/c1-35-24-17-15-23(16-18-24)22-30(34)31-19-9-3-4-14-29-32-25-10-5-6-11-26(25)33(29)20-21-37-28-13-8-7-12-27(28)36-2/h5-8,10-13,15-18H,3-4,9,14,19-22H2,1-2H3,(H,31,34). The van der Waals surface area contributed by atoms with Gasteiger partial charge in [0.05, 0.1) is 38.2 Å². The van der Waals surface area contributed by atoms with Crippen LogP contribution in [0.3, 0.4) is 0 Å². The molecule has 4 rings (SSSR count). The molecule has 0 radical (unpaired) electrons. The Morgan fingerprint density at radius 1 is 0.865 bits per heavy atom. The highest BCUT2D eigenvalue weighted by Gasteiger charge is 2.11. The lowest BCUT2D eigenvalue weighted by Crippen LogP contribution is -2.26. The van der Waals surface area contributed by atoms with Crippen LogP contribution in [0.15, 0.2) is 72.8 Å². The van der Waals surface area contributed by atoms with Gasteiger partial charge in [0.15, 0.2) is 11.5 Å². The SMILES string of the molecule is COc1ccc(CC(=O)NCCCCCc2nc3ccccc3n2CCOc2ccccc2OC)cc1. The summed E-state index contributed by atoms with van der Waals surface area (Å²) in [7, 11) is 3.28. The molecule has 0 bridgehead atoms. The van der Waals surface area contributed by atoms with Gasteiger partial charge in [0.2, 0.25) is 5.91 Å². The van der Waals surface area contributed by atoms with Crippen molar-refractivity contribution in [2.45, 2.75) is 38.6 Å². The van der Waals surface area contributed by atoms with Crippen LogP contribution in [-0.4, -0.2) is 42.8 Å². The monoisotopic (exact) mass is 501 g/mol. The molecular weight excluding hydrogens is 466 g/mol. The topological polar surface area (TPSA) is 74.6 Å². The van der Waals surface area contributed by atoms with Crippen LogP contribution in [0, 0.1) is 0 Å². The third-order valence-corrected chi connectivity index (χ3v) is 6.30. The fourth-order valence-corrected chi connectivity index (χ4v) is 4.35. The van der Waals surface area contributed by atoms with Crippen molar-refractivity contribution in [1.82, 2.24) is 14.9 Å². The highest BCUT2D eigenvalue weighted by atomic mass is 16.5. The number of rotatable bonds is 14. The van der Waals surface area contributed by atoms with Gasteiger partial charge in [-0.3, -0.25) is 4.79 Å². The van der Waals surface area contributed by atoms with E-state index in [9.17, 15) is 4.79 Å². The highest BCUT2D eigenvalue weighted by Crippen LogP contribution is 2.26. The second-order valence-electron chi connectivity index (χ2n) is 8.85. The molecule has 7 heteroatoms. The Balaban J connectivity index is 1.23. The largest absolute Gasteiger partial charge is 0.497 e. The highest BCUT2D eigenvalue weighted by molar-refractivity contribution is 5.78. The number of amides is 1. The van der Waals surface area contributed by atoms with Crippen molar-refractivity contribution in [3.63, 3.8) is 0 Å². The third-order valence-electron chi connectivity index (χ3n) is 6.30. The van der Waals surface area contributed by atoms with E-state index in [1.807, 2.05) is 60.7 Å². The molecule has 0 unspecified atom stereocenters. The third kappa shape index (κ3) is 7.26. The van der Waals surface area contributed by atoms with Crippen molar-refractivity contribution in [3.05, 3.63) is 84.2 Å². The number of para-hydroxylation sites is 4. The van der Waals surface area contributed by atoms with Gasteiger partial charge < -0.3 is 24.1 Å². The first-order valence-corrected chi connectivity index (χ1v) is 12.8. The number of imidazole rings is 1. The van der Waals surface area contributed by atoms with Crippen LogP contribution >= 0.6 is 0 Å². The number of aromatic nitrogens is 2. The smallest absolute Gasteiger partial charge is 0.224 e. The van der Waals surface area contributed by atoms with Crippen molar-refractivity contribution in [2.75, 3.05) is 27.4 Å². The molecule has 1 amide bonds. The minimum atomic E-state index is 0.0435. The first-order valence-electron chi connectivity index (χ1n) is 12.8. The number of carbonyl (C=O) groups excluding carboxylic acids is 1. The number of aryl methyl sites for hydroxylation is 1. The number of nitrogens with one attached hydrogen (secondary N) is 1. The van der Waals surface area contributed by atoms with Gasteiger partial charge in [0.1, 0.15) is 18.2 Å². The number of ether oxygens (including phenoxy) is 3. The summed E-state index contributed by atoms with van der Waals surface area (Å²) in [6.07, 6.45) is 4.22. The molecule has 0 fully saturated rings. The molecular formula is C30H35N3O4. The minimum absolute atomic E-state index is 0.0435. The molecule has 1 aromatic heterocycles. The van der Waals surface area contributed by atoms with E-state index in [1.54, 1.807) is 14.2 Å². The summed E-state index contributed by atoms with van der Waals surface area (Å²) in [6.45, 7) is 1.90. The fraction of sp³-hybridized carbons (Fsp3) is 0.333. The maximum absolute atomic E-state index is 12.2.